The van der Waals surface area contributed by atoms with Crippen molar-refractivity contribution >= 4 is 22.7 Å². The molecule has 38 heavy (non-hydrogen) atoms. The molecule has 2 heterocycles. The maximum atomic E-state index is 13.9. The van der Waals surface area contributed by atoms with Crippen LogP contribution in [-0.4, -0.2) is 21.7 Å². The number of hydrogen-bond acceptors (Lipinski definition) is 4. The Balaban J connectivity index is 1.52. The lowest BCUT2D eigenvalue weighted by atomic mass is 9.96. The Morgan fingerprint density at radius 3 is 2.03 bits per heavy atom. The molecule has 0 fully saturated rings. The molecule has 2 amide bonds. The lowest BCUT2D eigenvalue weighted by molar-refractivity contribution is 0.0640. The number of carbonyl (C=O) groups excluding carboxylic acids is 2. The van der Waals surface area contributed by atoms with E-state index >= 15 is 0 Å². The minimum absolute atomic E-state index is 0.0239. The molecular weight excluding hydrogens is 479 g/mol. The normalized spacial score (nSPS) is 12.9. The second-order valence-electron chi connectivity index (χ2n) is 9.25. The maximum Gasteiger partial charge on any atom is 0.265 e. The molecule has 1 aliphatic rings. The van der Waals surface area contributed by atoms with E-state index in [9.17, 15) is 14.0 Å². The molecule has 6 rings (SSSR count). The molecule has 0 saturated carbocycles. The molecule has 5 nitrogen and oxygen atoms in total. The van der Waals surface area contributed by atoms with Gasteiger partial charge < -0.3 is 4.74 Å². The first-order chi connectivity index (χ1) is 18.5. The summed E-state index contributed by atoms with van der Waals surface area (Å²) in [6, 6.07) is 28.9. The van der Waals surface area contributed by atoms with Gasteiger partial charge in [-0.3, -0.25) is 19.5 Å². The molecule has 0 N–H and O–H groups in total. The van der Waals surface area contributed by atoms with Crippen molar-refractivity contribution in [3.05, 3.63) is 142 Å². The van der Waals surface area contributed by atoms with Gasteiger partial charge in [0, 0.05) is 11.6 Å². The Hall–Kier alpha value is -4.84. The van der Waals surface area contributed by atoms with Crippen LogP contribution in [-0.2, 0) is 6.54 Å². The SMILES string of the molecule is Cc1c2c(c(OC(c3ccccc3)c3ccccc3)c3ncccc13)C(=O)N(Cc1ccc(F)cc1)C2=O. The van der Waals surface area contributed by atoms with Crippen LogP contribution in [0.2, 0.25) is 0 Å². The van der Waals surface area contributed by atoms with Crippen LogP contribution in [0.4, 0.5) is 4.39 Å². The van der Waals surface area contributed by atoms with Crippen LogP contribution in [0.5, 0.6) is 5.75 Å². The number of pyridine rings is 1. The van der Waals surface area contributed by atoms with Gasteiger partial charge in [-0.05, 0) is 47.4 Å². The smallest absolute Gasteiger partial charge is 0.265 e. The van der Waals surface area contributed by atoms with Gasteiger partial charge in [-0.15, -0.1) is 0 Å². The fourth-order valence-electron chi connectivity index (χ4n) is 5.01. The lowest BCUT2D eigenvalue weighted by Gasteiger charge is -2.23. The van der Waals surface area contributed by atoms with Crippen molar-refractivity contribution in [3.8, 4) is 5.75 Å². The lowest BCUT2D eigenvalue weighted by Crippen LogP contribution is -2.29. The number of aromatic nitrogens is 1. The Bertz CT molecular complexity index is 1630. The average molecular weight is 503 g/mol. The maximum absolute atomic E-state index is 13.9. The second kappa shape index (κ2) is 9.56. The van der Waals surface area contributed by atoms with Crippen molar-refractivity contribution in [1.29, 1.82) is 0 Å². The monoisotopic (exact) mass is 502 g/mol. The Morgan fingerprint density at radius 1 is 0.789 bits per heavy atom. The van der Waals surface area contributed by atoms with E-state index < -0.39 is 17.9 Å². The zero-order chi connectivity index (χ0) is 26.2. The zero-order valence-corrected chi connectivity index (χ0v) is 20.6. The van der Waals surface area contributed by atoms with Gasteiger partial charge in [-0.25, -0.2) is 4.39 Å². The second-order valence-corrected chi connectivity index (χ2v) is 9.25. The number of amides is 2. The summed E-state index contributed by atoms with van der Waals surface area (Å²) in [5.74, 6) is -0.968. The molecule has 0 spiro atoms. The van der Waals surface area contributed by atoms with Crippen LogP contribution in [0.1, 0.15) is 49.1 Å². The first kappa shape index (κ1) is 23.6. The summed E-state index contributed by atoms with van der Waals surface area (Å²) in [5, 5.41) is 0.742. The predicted molar refractivity (Wildman–Crippen MR) is 142 cm³/mol. The number of hydrogen-bond donors (Lipinski definition) is 0. The van der Waals surface area contributed by atoms with Crippen molar-refractivity contribution in [2.45, 2.75) is 19.6 Å². The van der Waals surface area contributed by atoms with E-state index in [1.165, 1.54) is 17.0 Å². The number of nitrogens with zero attached hydrogens (tertiary/aromatic N) is 2. The number of rotatable bonds is 6. The van der Waals surface area contributed by atoms with Crippen molar-refractivity contribution in [3.63, 3.8) is 0 Å². The fourth-order valence-corrected chi connectivity index (χ4v) is 5.01. The highest BCUT2D eigenvalue weighted by Gasteiger charge is 2.42. The van der Waals surface area contributed by atoms with Gasteiger partial charge in [0.2, 0.25) is 0 Å². The number of imide groups is 1. The van der Waals surface area contributed by atoms with Crippen LogP contribution in [0.15, 0.2) is 103 Å². The van der Waals surface area contributed by atoms with E-state index in [1.54, 1.807) is 24.4 Å². The summed E-state index contributed by atoms with van der Waals surface area (Å²) in [7, 11) is 0. The molecule has 0 bridgehead atoms. The van der Waals surface area contributed by atoms with E-state index in [-0.39, 0.29) is 23.7 Å². The standard InChI is InChI=1S/C32H23FN2O3/c1-20-25-13-8-18-34-28(25)30(38-29(22-9-4-2-5-10-22)23-11-6-3-7-12-23)27-26(20)31(36)35(32(27)37)19-21-14-16-24(33)17-15-21/h2-18,29H,19H2,1H3. The van der Waals surface area contributed by atoms with Crippen molar-refractivity contribution in [2.75, 3.05) is 0 Å². The third-order valence-corrected chi connectivity index (χ3v) is 6.89. The topological polar surface area (TPSA) is 59.5 Å². The average Bonchev–Trinajstić information content (AvgIpc) is 3.20. The summed E-state index contributed by atoms with van der Waals surface area (Å²) >= 11 is 0. The van der Waals surface area contributed by atoms with Gasteiger partial charge >= 0.3 is 0 Å². The van der Waals surface area contributed by atoms with Crippen molar-refractivity contribution in [1.82, 2.24) is 9.88 Å². The molecule has 0 unspecified atom stereocenters. The molecule has 0 atom stereocenters. The summed E-state index contributed by atoms with van der Waals surface area (Å²) < 4.78 is 20.2. The van der Waals surface area contributed by atoms with E-state index in [2.05, 4.69) is 4.98 Å². The molecule has 0 saturated heterocycles. The molecule has 0 radical (unpaired) electrons. The highest BCUT2D eigenvalue weighted by molar-refractivity contribution is 6.25. The van der Waals surface area contributed by atoms with Crippen LogP contribution < -0.4 is 4.74 Å². The number of benzene rings is 4. The molecular formula is C32H23FN2O3. The zero-order valence-electron chi connectivity index (χ0n) is 20.6. The first-order valence-electron chi connectivity index (χ1n) is 12.3. The Morgan fingerprint density at radius 2 is 1.39 bits per heavy atom. The van der Waals surface area contributed by atoms with Gasteiger partial charge in [0.15, 0.2) is 5.75 Å². The van der Waals surface area contributed by atoms with Crippen molar-refractivity contribution in [2.24, 2.45) is 0 Å². The number of fused-ring (bicyclic) bond motifs is 2. The summed E-state index contributed by atoms with van der Waals surface area (Å²) in [6.45, 7) is 1.85. The highest BCUT2D eigenvalue weighted by Crippen LogP contribution is 2.43. The number of aryl methyl sites for hydroxylation is 1. The Labute approximate surface area is 219 Å². The minimum Gasteiger partial charge on any atom is -0.478 e. The van der Waals surface area contributed by atoms with Crippen LogP contribution >= 0.6 is 0 Å². The number of carbonyl (C=O) groups is 2. The fraction of sp³-hybridized carbons (Fsp3) is 0.0938. The third-order valence-electron chi connectivity index (χ3n) is 6.89. The van der Waals surface area contributed by atoms with E-state index in [0.717, 1.165) is 16.5 Å². The summed E-state index contributed by atoms with van der Waals surface area (Å²) in [4.78, 5) is 33.3. The molecule has 6 heteroatoms. The largest absolute Gasteiger partial charge is 0.478 e. The molecule has 4 aromatic carbocycles. The van der Waals surface area contributed by atoms with E-state index in [0.29, 0.717) is 22.2 Å². The Kier molecular flexibility index (Phi) is 5.92. The summed E-state index contributed by atoms with van der Waals surface area (Å²) in [5.41, 5.74) is 4.16. The number of ether oxygens (including phenoxy) is 1. The first-order valence-corrected chi connectivity index (χ1v) is 12.3. The number of halogens is 1. The molecule has 1 aromatic heterocycles. The minimum atomic E-state index is -0.538. The highest BCUT2D eigenvalue weighted by atomic mass is 19.1. The van der Waals surface area contributed by atoms with E-state index in [1.807, 2.05) is 73.7 Å². The van der Waals surface area contributed by atoms with Gasteiger partial charge in [0.1, 0.15) is 17.4 Å². The molecule has 0 aliphatic carbocycles. The van der Waals surface area contributed by atoms with Crippen LogP contribution in [0, 0.1) is 12.7 Å². The third kappa shape index (κ3) is 4.00. The van der Waals surface area contributed by atoms with Gasteiger partial charge in [-0.1, -0.05) is 78.9 Å². The summed E-state index contributed by atoms with van der Waals surface area (Å²) in [6.07, 6.45) is 1.11. The van der Waals surface area contributed by atoms with Gasteiger partial charge in [0.25, 0.3) is 11.8 Å². The van der Waals surface area contributed by atoms with Crippen molar-refractivity contribution < 1.29 is 18.7 Å². The molecule has 5 aromatic rings. The molecule has 1 aliphatic heterocycles. The predicted octanol–water partition coefficient (Wildman–Crippen LogP) is 6.65. The van der Waals surface area contributed by atoms with Crippen LogP contribution in [0.3, 0.4) is 0 Å². The quantitative estimate of drug-likeness (QED) is 0.244. The van der Waals surface area contributed by atoms with Crippen LogP contribution in [0.25, 0.3) is 10.9 Å². The van der Waals surface area contributed by atoms with Gasteiger partial charge in [0.05, 0.1) is 17.7 Å². The molecule has 186 valence electrons. The van der Waals surface area contributed by atoms with Gasteiger partial charge in [-0.2, -0.15) is 0 Å². The van der Waals surface area contributed by atoms with E-state index in [4.69, 9.17) is 4.74 Å².